The molecule has 1 atom stereocenters. The number of carbonyl (C=O) groups is 1. The van der Waals surface area contributed by atoms with E-state index in [0.29, 0.717) is 0 Å². The number of benzene rings is 3. The van der Waals surface area contributed by atoms with E-state index in [1.807, 2.05) is 0 Å². The maximum atomic E-state index is 11.1. The second kappa shape index (κ2) is 7.20. The monoisotopic (exact) mass is 345 g/mol. The Kier molecular flexibility index (Phi) is 4.61. The summed E-state index contributed by atoms with van der Waals surface area (Å²) in [6, 6.07) is 23.8. The lowest BCUT2D eigenvalue weighted by atomic mass is 10.0. The molecule has 1 N–H and O–H groups in total. The molecule has 0 spiro atoms. The van der Waals surface area contributed by atoms with Crippen LogP contribution in [0.5, 0.6) is 0 Å². The minimum Gasteiger partial charge on any atom is -0.481 e. The first-order valence-electron chi connectivity index (χ1n) is 9.24. The van der Waals surface area contributed by atoms with Crippen molar-refractivity contribution in [1.29, 1.82) is 0 Å². The molecule has 132 valence electrons. The molecule has 0 amide bonds. The van der Waals surface area contributed by atoms with Crippen LogP contribution in [0.25, 0.3) is 10.8 Å². The van der Waals surface area contributed by atoms with Crippen molar-refractivity contribution in [2.24, 2.45) is 0 Å². The van der Waals surface area contributed by atoms with Crippen molar-refractivity contribution in [3.8, 4) is 0 Å². The standard InChI is InChI=1S/C23H23NO2/c25-23(26)16-22-6-3-13-24(22)21-11-8-17(9-12-21)14-18-7-10-19-4-1-2-5-20(19)15-18/h1-2,4-5,7-12,15,22H,3,6,13-14,16H2,(H,25,26)/t22-/m0/s1. The Hall–Kier alpha value is -2.81. The van der Waals surface area contributed by atoms with Gasteiger partial charge >= 0.3 is 5.97 Å². The van der Waals surface area contributed by atoms with E-state index in [1.54, 1.807) is 0 Å². The van der Waals surface area contributed by atoms with Crippen molar-refractivity contribution in [3.63, 3.8) is 0 Å². The second-order valence-electron chi connectivity index (χ2n) is 7.11. The van der Waals surface area contributed by atoms with Crippen molar-refractivity contribution < 1.29 is 9.90 Å². The van der Waals surface area contributed by atoms with Crippen LogP contribution in [0.2, 0.25) is 0 Å². The van der Waals surface area contributed by atoms with E-state index in [-0.39, 0.29) is 12.5 Å². The normalized spacial score (nSPS) is 16.9. The van der Waals surface area contributed by atoms with Gasteiger partial charge in [0.05, 0.1) is 6.42 Å². The maximum Gasteiger partial charge on any atom is 0.305 e. The molecule has 0 saturated carbocycles. The van der Waals surface area contributed by atoms with Crippen molar-refractivity contribution in [2.45, 2.75) is 31.7 Å². The summed E-state index contributed by atoms with van der Waals surface area (Å²) in [7, 11) is 0. The summed E-state index contributed by atoms with van der Waals surface area (Å²) < 4.78 is 0. The van der Waals surface area contributed by atoms with Gasteiger partial charge in [0.25, 0.3) is 0 Å². The molecule has 1 aliphatic rings. The molecule has 1 fully saturated rings. The summed E-state index contributed by atoms with van der Waals surface area (Å²) >= 11 is 0. The average molecular weight is 345 g/mol. The summed E-state index contributed by atoms with van der Waals surface area (Å²) in [6.07, 6.45) is 3.16. The van der Waals surface area contributed by atoms with Gasteiger partial charge < -0.3 is 10.0 Å². The molecular formula is C23H23NO2. The SMILES string of the molecule is O=C(O)C[C@@H]1CCCN1c1ccc(Cc2ccc3ccccc3c2)cc1. The fraction of sp³-hybridized carbons (Fsp3) is 0.261. The number of rotatable bonds is 5. The van der Waals surface area contributed by atoms with E-state index in [4.69, 9.17) is 5.11 Å². The van der Waals surface area contributed by atoms with Gasteiger partial charge in [-0.25, -0.2) is 0 Å². The number of aliphatic carboxylic acids is 1. The number of hydrogen-bond acceptors (Lipinski definition) is 2. The van der Waals surface area contributed by atoms with Crippen LogP contribution in [0.4, 0.5) is 5.69 Å². The Labute approximate surface area is 153 Å². The van der Waals surface area contributed by atoms with Gasteiger partial charge in [0.1, 0.15) is 0 Å². The molecular weight excluding hydrogens is 322 g/mol. The highest BCUT2D eigenvalue weighted by Crippen LogP contribution is 2.28. The van der Waals surface area contributed by atoms with Gasteiger partial charge in [-0.3, -0.25) is 4.79 Å². The molecule has 1 heterocycles. The van der Waals surface area contributed by atoms with E-state index < -0.39 is 5.97 Å². The molecule has 0 aliphatic carbocycles. The van der Waals surface area contributed by atoms with Crippen LogP contribution in [-0.2, 0) is 11.2 Å². The van der Waals surface area contributed by atoms with Crippen molar-refractivity contribution >= 4 is 22.4 Å². The van der Waals surface area contributed by atoms with Crippen molar-refractivity contribution in [1.82, 2.24) is 0 Å². The van der Waals surface area contributed by atoms with Crippen LogP contribution >= 0.6 is 0 Å². The van der Waals surface area contributed by atoms with Crippen LogP contribution in [0.15, 0.2) is 66.7 Å². The van der Waals surface area contributed by atoms with Gasteiger partial charge in [0, 0.05) is 18.3 Å². The van der Waals surface area contributed by atoms with Crippen molar-refractivity contribution in [2.75, 3.05) is 11.4 Å². The average Bonchev–Trinajstić information content (AvgIpc) is 3.10. The molecule has 1 saturated heterocycles. The van der Waals surface area contributed by atoms with E-state index in [0.717, 1.165) is 31.5 Å². The number of carboxylic acids is 1. The van der Waals surface area contributed by atoms with Crippen LogP contribution in [-0.4, -0.2) is 23.7 Å². The van der Waals surface area contributed by atoms with Gasteiger partial charge in [-0.1, -0.05) is 54.6 Å². The molecule has 1 aliphatic heterocycles. The maximum absolute atomic E-state index is 11.1. The summed E-state index contributed by atoms with van der Waals surface area (Å²) in [5.74, 6) is -0.713. The minimum atomic E-state index is -0.713. The zero-order valence-electron chi connectivity index (χ0n) is 14.8. The largest absolute Gasteiger partial charge is 0.481 e. The molecule has 0 radical (unpaired) electrons. The summed E-state index contributed by atoms with van der Waals surface area (Å²) in [4.78, 5) is 13.3. The molecule has 26 heavy (non-hydrogen) atoms. The smallest absolute Gasteiger partial charge is 0.305 e. The fourth-order valence-electron chi connectivity index (χ4n) is 3.98. The molecule has 3 aromatic carbocycles. The Morgan fingerprint density at radius 2 is 1.69 bits per heavy atom. The third-order valence-electron chi connectivity index (χ3n) is 5.28. The van der Waals surface area contributed by atoms with E-state index in [1.165, 1.54) is 21.9 Å². The lowest BCUT2D eigenvalue weighted by molar-refractivity contribution is -0.137. The van der Waals surface area contributed by atoms with Gasteiger partial charge in [0.15, 0.2) is 0 Å². The molecule has 0 aromatic heterocycles. The van der Waals surface area contributed by atoms with Crippen LogP contribution in [0.1, 0.15) is 30.4 Å². The number of carboxylic acid groups (broad SMARTS) is 1. The van der Waals surface area contributed by atoms with E-state index in [2.05, 4.69) is 71.6 Å². The Bertz CT molecular complexity index is 917. The zero-order valence-corrected chi connectivity index (χ0v) is 14.8. The third-order valence-corrected chi connectivity index (χ3v) is 5.28. The Balaban J connectivity index is 1.49. The molecule has 4 rings (SSSR count). The molecule has 3 heteroatoms. The predicted molar refractivity (Wildman–Crippen MR) is 106 cm³/mol. The number of nitrogens with zero attached hydrogens (tertiary/aromatic N) is 1. The topological polar surface area (TPSA) is 40.5 Å². The number of anilines is 1. The lowest BCUT2D eigenvalue weighted by Gasteiger charge is -2.26. The Morgan fingerprint density at radius 3 is 2.46 bits per heavy atom. The number of hydrogen-bond donors (Lipinski definition) is 1. The van der Waals surface area contributed by atoms with Gasteiger partial charge in [-0.15, -0.1) is 0 Å². The molecule has 0 bridgehead atoms. The highest BCUT2D eigenvalue weighted by Gasteiger charge is 2.26. The zero-order chi connectivity index (χ0) is 17.9. The van der Waals surface area contributed by atoms with E-state index in [9.17, 15) is 4.79 Å². The van der Waals surface area contributed by atoms with Crippen LogP contribution < -0.4 is 4.90 Å². The lowest BCUT2D eigenvalue weighted by Crippen LogP contribution is -2.31. The van der Waals surface area contributed by atoms with Gasteiger partial charge in [0.2, 0.25) is 0 Å². The summed E-state index contributed by atoms with van der Waals surface area (Å²) in [5.41, 5.74) is 3.72. The molecule has 0 unspecified atom stereocenters. The summed E-state index contributed by atoms with van der Waals surface area (Å²) in [5, 5.41) is 11.6. The minimum absolute atomic E-state index is 0.124. The molecule has 3 aromatic rings. The van der Waals surface area contributed by atoms with Gasteiger partial charge in [-0.05, 0) is 53.3 Å². The Morgan fingerprint density at radius 1 is 0.962 bits per heavy atom. The predicted octanol–water partition coefficient (Wildman–Crippen LogP) is 4.87. The third kappa shape index (κ3) is 3.57. The first-order chi connectivity index (χ1) is 12.7. The van der Waals surface area contributed by atoms with Gasteiger partial charge in [-0.2, -0.15) is 0 Å². The quantitative estimate of drug-likeness (QED) is 0.717. The first-order valence-corrected chi connectivity index (χ1v) is 9.24. The van der Waals surface area contributed by atoms with Crippen LogP contribution in [0, 0.1) is 0 Å². The summed E-state index contributed by atoms with van der Waals surface area (Å²) in [6.45, 7) is 0.946. The van der Waals surface area contributed by atoms with E-state index >= 15 is 0 Å². The highest BCUT2D eigenvalue weighted by molar-refractivity contribution is 5.83. The van der Waals surface area contributed by atoms with Crippen LogP contribution in [0.3, 0.4) is 0 Å². The fourth-order valence-corrected chi connectivity index (χ4v) is 3.98. The molecule has 3 nitrogen and oxygen atoms in total. The number of fused-ring (bicyclic) bond motifs is 1. The highest BCUT2D eigenvalue weighted by atomic mass is 16.4. The van der Waals surface area contributed by atoms with Crippen molar-refractivity contribution in [3.05, 3.63) is 77.9 Å². The second-order valence-corrected chi connectivity index (χ2v) is 7.11. The first kappa shape index (κ1) is 16.6.